The molecule has 88 valence electrons. The van der Waals surface area contributed by atoms with Crippen LogP contribution in [0, 0.1) is 6.92 Å². The van der Waals surface area contributed by atoms with E-state index in [1.807, 2.05) is 26.0 Å². The zero-order valence-electron chi connectivity index (χ0n) is 10.6. The van der Waals surface area contributed by atoms with Crippen molar-refractivity contribution in [2.75, 3.05) is 0 Å². The molecule has 0 aromatic heterocycles. The van der Waals surface area contributed by atoms with E-state index in [4.69, 9.17) is 4.74 Å². The summed E-state index contributed by atoms with van der Waals surface area (Å²) in [6.07, 6.45) is 0.210. The standard InChI is InChI=1S/C16H18O/c1-12(2)17-15-9-6-8-14(11-15)16-10-5-4-7-13(16)3/h4-12H,1-3H3. The van der Waals surface area contributed by atoms with Crippen molar-refractivity contribution < 1.29 is 4.74 Å². The zero-order chi connectivity index (χ0) is 12.3. The van der Waals surface area contributed by atoms with Crippen LogP contribution in [0.4, 0.5) is 0 Å². The lowest BCUT2D eigenvalue weighted by Crippen LogP contribution is -2.05. The normalized spacial score (nSPS) is 10.6. The average Bonchev–Trinajstić information content (AvgIpc) is 2.29. The maximum atomic E-state index is 5.72. The molecule has 0 heterocycles. The molecule has 0 saturated carbocycles. The third-order valence-corrected chi connectivity index (χ3v) is 2.66. The fraction of sp³-hybridized carbons (Fsp3) is 0.250. The second kappa shape index (κ2) is 5.05. The minimum atomic E-state index is 0.210. The molecule has 0 unspecified atom stereocenters. The zero-order valence-corrected chi connectivity index (χ0v) is 10.6. The first-order valence-electron chi connectivity index (χ1n) is 5.99. The molecule has 1 nitrogen and oxygen atoms in total. The average molecular weight is 226 g/mol. The smallest absolute Gasteiger partial charge is 0.120 e. The van der Waals surface area contributed by atoms with E-state index in [0.717, 1.165) is 5.75 Å². The van der Waals surface area contributed by atoms with Gasteiger partial charge in [0.1, 0.15) is 5.75 Å². The highest BCUT2D eigenvalue weighted by Crippen LogP contribution is 2.26. The van der Waals surface area contributed by atoms with Crippen molar-refractivity contribution in [1.82, 2.24) is 0 Å². The molecular weight excluding hydrogens is 208 g/mol. The Hall–Kier alpha value is -1.76. The molecule has 0 bridgehead atoms. The highest BCUT2D eigenvalue weighted by molar-refractivity contribution is 5.68. The van der Waals surface area contributed by atoms with E-state index in [1.54, 1.807) is 0 Å². The summed E-state index contributed by atoms with van der Waals surface area (Å²) in [4.78, 5) is 0. The van der Waals surface area contributed by atoms with Gasteiger partial charge in [-0.05, 0) is 49.6 Å². The van der Waals surface area contributed by atoms with Gasteiger partial charge in [0.15, 0.2) is 0 Å². The Kier molecular flexibility index (Phi) is 3.48. The molecular formula is C16H18O. The van der Waals surface area contributed by atoms with Crippen LogP contribution in [0.5, 0.6) is 5.75 Å². The van der Waals surface area contributed by atoms with Crippen molar-refractivity contribution in [2.24, 2.45) is 0 Å². The maximum Gasteiger partial charge on any atom is 0.120 e. The summed E-state index contributed by atoms with van der Waals surface area (Å²) in [6.45, 7) is 6.21. The first kappa shape index (κ1) is 11.7. The molecule has 0 atom stereocenters. The number of ether oxygens (including phenoxy) is 1. The van der Waals surface area contributed by atoms with E-state index in [9.17, 15) is 0 Å². The van der Waals surface area contributed by atoms with Gasteiger partial charge in [0.05, 0.1) is 6.10 Å². The van der Waals surface area contributed by atoms with Gasteiger partial charge in [-0.2, -0.15) is 0 Å². The van der Waals surface area contributed by atoms with Crippen LogP contribution in [0.3, 0.4) is 0 Å². The van der Waals surface area contributed by atoms with Gasteiger partial charge in [-0.3, -0.25) is 0 Å². The number of rotatable bonds is 3. The highest BCUT2D eigenvalue weighted by Gasteiger charge is 2.03. The first-order valence-corrected chi connectivity index (χ1v) is 5.99. The Balaban J connectivity index is 2.37. The quantitative estimate of drug-likeness (QED) is 0.751. The third-order valence-electron chi connectivity index (χ3n) is 2.66. The van der Waals surface area contributed by atoms with Gasteiger partial charge in [-0.1, -0.05) is 36.4 Å². The third kappa shape index (κ3) is 2.88. The molecule has 17 heavy (non-hydrogen) atoms. The molecule has 2 aromatic carbocycles. The predicted octanol–water partition coefficient (Wildman–Crippen LogP) is 4.45. The van der Waals surface area contributed by atoms with Crippen LogP contribution in [0.25, 0.3) is 11.1 Å². The molecule has 0 fully saturated rings. The van der Waals surface area contributed by atoms with Gasteiger partial charge in [-0.15, -0.1) is 0 Å². The van der Waals surface area contributed by atoms with Crippen molar-refractivity contribution >= 4 is 0 Å². The number of aryl methyl sites for hydroxylation is 1. The van der Waals surface area contributed by atoms with Gasteiger partial charge in [0.25, 0.3) is 0 Å². The summed E-state index contributed by atoms with van der Waals surface area (Å²) >= 11 is 0. The van der Waals surface area contributed by atoms with Crippen molar-refractivity contribution in [3.05, 3.63) is 54.1 Å². The Bertz CT molecular complexity index is 500. The molecule has 2 aromatic rings. The van der Waals surface area contributed by atoms with Gasteiger partial charge in [0, 0.05) is 0 Å². The lowest BCUT2D eigenvalue weighted by Gasteiger charge is -2.12. The van der Waals surface area contributed by atoms with Crippen LogP contribution < -0.4 is 4.74 Å². The van der Waals surface area contributed by atoms with Crippen LogP contribution in [0.2, 0.25) is 0 Å². The van der Waals surface area contributed by atoms with E-state index >= 15 is 0 Å². The molecule has 0 amide bonds. The summed E-state index contributed by atoms with van der Waals surface area (Å²) in [5.74, 6) is 0.931. The molecule has 0 N–H and O–H groups in total. The summed E-state index contributed by atoms with van der Waals surface area (Å²) in [5.41, 5.74) is 3.76. The van der Waals surface area contributed by atoms with E-state index in [0.29, 0.717) is 0 Å². The van der Waals surface area contributed by atoms with E-state index in [-0.39, 0.29) is 6.10 Å². The van der Waals surface area contributed by atoms with Crippen molar-refractivity contribution in [2.45, 2.75) is 26.9 Å². The summed E-state index contributed by atoms with van der Waals surface area (Å²) in [7, 11) is 0. The van der Waals surface area contributed by atoms with Crippen LogP contribution in [0.1, 0.15) is 19.4 Å². The van der Waals surface area contributed by atoms with Gasteiger partial charge in [-0.25, -0.2) is 0 Å². The molecule has 0 radical (unpaired) electrons. The topological polar surface area (TPSA) is 9.23 Å². The number of hydrogen-bond donors (Lipinski definition) is 0. The minimum Gasteiger partial charge on any atom is -0.491 e. The van der Waals surface area contributed by atoms with Crippen LogP contribution in [0.15, 0.2) is 48.5 Å². The van der Waals surface area contributed by atoms with Gasteiger partial charge < -0.3 is 4.74 Å². The van der Waals surface area contributed by atoms with Gasteiger partial charge in [0.2, 0.25) is 0 Å². The monoisotopic (exact) mass is 226 g/mol. The second-order valence-corrected chi connectivity index (χ2v) is 4.51. The maximum absolute atomic E-state index is 5.72. The first-order chi connectivity index (χ1) is 8.16. The van der Waals surface area contributed by atoms with Crippen molar-refractivity contribution in [1.29, 1.82) is 0 Å². The Morgan fingerprint density at radius 3 is 2.41 bits per heavy atom. The molecule has 0 aliphatic carbocycles. The lowest BCUT2D eigenvalue weighted by molar-refractivity contribution is 0.242. The number of benzene rings is 2. The molecule has 0 aliphatic heterocycles. The SMILES string of the molecule is Cc1ccccc1-c1cccc(OC(C)C)c1. The van der Waals surface area contributed by atoms with E-state index in [1.165, 1.54) is 16.7 Å². The second-order valence-electron chi connectivity index (χ2n) is 4.51. The molecule has 0 spiro atoms. The Labute approximate surface area is 103 Å². The van der Waals surface area contributed by atoms with E-state index in [2.05, 4.69) is 43.3 Å². The van der Waals surface area contributed by atoms with Crippen molar-refractivity contribution in [3.63, 3.8) is 0 Å². The molecule has 0 aliphatic rings. The summed E-state index contributed by atoms with van der Waals surface area (Å²) in [5, 5.41) is 0. The predicted molar refractivity (Wildman–Crippen MR) is 72.4 cm³/mol. The summed E-state index contributed by atoms with van der Waals surface area (Å²) < 4.78 is 5.72. The van der Waals surface area contributed by atoms with Crippen LogP contribution in [-0.2, 0) is 0 Å². The van der Waals surface area contributed by atoms with Crippen molar-refractivity contribution in [3.8, 4) is 16.9 Å². The Morgan fingerprint density at radius 1 is 0.941 bits per heavy atom. The lowest BCUT2D eigenvalue weighted by atomic mass is 10.0. The van der Waals surface area contributed by atoms with Crippen LogP contribution in [-0.4, -0.2) is 6.10 Å². The van der Waals surface area contributed by atoms with E-state index < -0.39 is 0 Å². The van der Waals surface area contributed by atoms with Gasteiger partial charge >= 0.3 is 0 Å². The fourth-order valence-electron chi connectivity index (χ4n) is 1.91. The summed E-state index contributed by atoms with van der Waals surface area (Å²) in [6, 6.07) is 16.7. The fourth-order valence-corrected chi connectivity index (χ4v) is 1.91. The number of hydrogen-bond acceptors (Lipinski definition) is 1. The largest absolute Gasteiger partial charge is 0.491 e. The molecule has 2 rings (SSSR count). The Morgan fingerprint density at radius 2 is 1.71 bits per heavy atom. The minimum absolute atomic E-state index is 0.210. The molecule has 1 heteroatoms. The molecule has 0 saturated heterocycles. The highest BCUT2D eigenvalue weighted by atomic mass is 16.5. The van der Waals surface area contributed by atoms with Crippen LogP contribution >= 0.6 is 0 Å².